The molecule has 0 aliphatic carbocycles. The van der Waals surface area contributed by atoms with Crippen LogP contribution >= 0.6 is 0 Å². The van der Waals surface area contributed by atoms with Crippen LogP contribution in [-0.4, -0.2) is 34.8 Å². The minimum atomic E-state index is -0.150. The average Bonchev–Trinajstić information content (AvgIpc) is 2.51. The third-order valence-corrected chi connectivity index (χ3v) is 1.93. The molecule has 5 heteroatoms. The third-order valence-electron chi connectivity index (χ3n) is 1.93. The Labute approximate surface area is 90.1 Å². The summed E-state index contributed by atoms with van der Waals surface area (Å²) in [4.78, 5) is 12.8. The van der Waals surface area contributed by atoms with E-state index in [1.54, 1.807) is 20.3 Å². The first kappa shape index (κ1) is 11.6. The number of amides is 2. The molecule has 84 valence electrons. The maximum absolute atomic E-state index is 11.3. The van der Waals surface area contributed by atoms with Gasteiger partial charge in [-0.25, -0.2) is 4.79 Å². The molecule has 1 heterocycles. The Morgan fingerprint density at radius 1 is 1.47 bits per heavy atom. The molecule has 15 heavy (non-hydrogen) atoms. The summed E-state index contributed by atoms with van der Waals surface area (Å²) in [5.74, 6) is 0. The van der Waals surface area contributed by atoms with Crippen LogP contribution in [0.15, 0.2) is 12.4 Å². The van der Waals surface area contributed by atoms with E-state index in [0.717, 1.165) is 0 Å². The van der Waals surface area contributed by atoms with Crippen molar-refractivity contribution in [2.45, 2.75) is 26.3 Å². The third kappa shape index (κ3) is 2.97. The summed E-state index contributed by atoms with van der Waals surface area (Å²) in [6, 6.07) is -0.150. The number of carbonyl (C=O) groups is 1. The predicted octanol–water partition coefficient (Wildman–Crippen LogP) is 1.73. The van der Waals surface area contributed by atoms with Gasteiger partial charge in [0, 0.05) is 20.3 Å². The molecule has 0 aliphatic heterocycles. The largest absolute Gasteiger partial charge is 0.331 e. The van der Waals surface area contributed by atoms with Crippen molar-refractivity contribution < 1.29 is 4.79 Å². The molecule has 2 amide bonds. The molecule has 0 radical (unpaired) electrons. The van der Waals surface area contributed by atoms with E-state index in [-0.39, 0.29) is 11.6 Å². The number of hydrogen-bond acceptors (Lipinski definition) is 2. The molecule has 1 aromatic rings. The van der Waals surface area contributed by atoms with Crippen LogP contribution in [0.5, 0.6) is 0 Å². The first-order chi connectivity index (χ1) is 6.80. The van der Waals surface area contributed by atoms with Crippen molar-refractivity contribution >= 4 is 11.7 Å². The Kier molecular flexibility index (Phi) is 3.02. The number of anilines is 1. The molecule has 5 nitrogen and oxygen atoms in total. The monoisotopic (exact) mass is 210 g/mol. The van der Waals surface area contributed by atoms with Crippen molar-refractivity contribution in [3.05, 3.63) is 12.4 Å². The molecule has 0 aliphatic rings. The number of aromatic nitrogens is 2. The fourth-order valence-corrected chi connectivity index (χ4v) is 0.989. The van der Waals surface area contributed by atoms with Crippen LogP contribution in [0, 0.1) is 0 Å². The molecule has 0 fully saturated rings. The topological polar surface area (TPSA) is 50.2 Å². The summed E-state index contributed by atoms with van der Waals surface area (Å²) >= 11 is 0. The lowest BCUT2D eigenvalue weighted by Gasteiger charge is -2.18. The Balaban J connectivity index is 2.73. The maximum Gasteiger partial charge on any atom is 0.321 e. The zero-order valence-electron chi connectivity index (χ0n) is 9.90. The molecule has 0 atom stereocenters. The SMILES string of the molecule is CN(C)C(=O)Nc1cnn(C(C)(C)C)c1. The van der Waals surface area contributed by atoms with E-state index in [2.05, 4.69) is 31.2 Å². The first-order valence-electron chi connectivity index (χ1n) is 4.84. The number of nitrogens with zero attached hydrogens (tertiary/aromatic N) is 3. The number of nitrogens with one attached hydrogen (secondary N) is 1. The molecule has 0 saturated carbocycles. The smallest absolute Gasteiger partial charge is 0.321 e. The van der Waals surface area contributed by atoms with Gasteiger partial charge in [-0.1, -0.05) is 0 Å². The Hall–Kier alpha value is -1.52. The molecule has 0 aromatic carbocycles. The second-order valence-electron chi connectivity index (χ2n) is 4.67. The highest BCUT2D eigenvalue weighted by molar-refractivity contribution is 5.88. The van der Waals surface area contributed by atoms with E-state index in [0.29, 0.717) is 5.69 Å². The van der Waals surface area contributed by atoms with Crippen molar-refractivity contribution in [2.24, 2.45) is 0 Å². The lowest BCUT2D eigenvalue weighted by Crippen LogP contribution is -2.27. The normalized spacial score (nSPS) is 11.3. The van der Waals surface area contributed by atoms with Gasteiger partial charge in [-0.05, 0) is 20.8 Å². The number of urea groups is 1. The maximum atomic E-state index is 11.3. The van der Waals surface area contributed by atoms with Gasteiger partial charge in [0.15, 0.2) is 0 Å². The summed E-state index contributed by atoms with van der Waals surface area (Å²) in [6.07, 6.45) is 3.47. The minimum Gasteiger partial charge on any atom is -0.331 e. The zero-order chi connectivity index (χ0) is 11.6. The van der Waals surface area contributed by atoms with Gasteiger partial charge in [-0.3, -0.25) is 4.68 Å². The summed E-state index contributed by atoms with van der Waals surface area (Å²) in [5, 5.41) is 6.92. The Morgan fingerprint density at radius 3 is 2.47 bits per heavy atom. The van der Waals surface area contributed by atoms with Gasteiger partial charge >= 0.3 is 6.03 Å². The van der Waals surface area contributed by atoms with Crippen LogP contribution in [0.3, 0.4) is 0 Å². The lowest BCUT2D eigenvalue weighted by molar-refractivity contribution is 0.230. The number of rotatable bonds is 1. The molecule has 1 aromatic heterocycles. The zero-order valence-corrected chi connectivity index (χ0v) is 9.90. The highest BCUT2D eigenvalue weighted by Crippen LogP contribution is 2.15. The molecule has 0 unspecified atom stereocenters. The van der Waals surface area contributed by atoms with Crippen LogP contribution in [0.2, 0.25) is 0 Å². The Morgan fingerprint density at radius 2 is 2.07 bits per heavy atom. The summed E-state index contributed by atoms with van der Waals surface area (Å²) < 4.78 is 1.82. The van der Waals surface area contributed by atoms with Gasteiger partial charge < -0.3 is 10.2 Å². The summed E-state index contributed by atoms with van der Waals surface area (Å²) in [5.41, 5.74) is 0.643. The number of carbonyl (C=O) groups excluding carboxylic acids is 1. The standard InChI is InChI=1S/C10H18N4O/c1-10(2,3)14-7-8(6-11-14)12-9(15)13(4)5/h6-7H,1-5H3,(H,12,15). The fraction of sp³-hybridized carbons (Fsp3) is 0.600. The van der Waals surface area contributed by atoms with Gasteiger partial charge in [0.2, 0.25) is 0 Å². The van der Waals surface area contributed by atoms with E-state index in [1.165, 1.54) is 4.90 Å². The highest BCUT2D eigenvalue weighted by Gasteiger charge is 2.14. The quantitative estimate of drug-likeness (QED) is 0.767. The highest BCUT2D eigenvalue weighted by atomic mass is 16.2. The Bertz CT molecular complexity index is 349. The van der Waals surface area contributed by atoms with Gasteiger partial charge in [0.1, 0.15) is 0 Å². The fourth-order valence-electron chi connectivity index (χ4n) is 0.989. The van der Waals surface area contributed by atoms with E-state index >= 15 is 0 Å². The number of hydrogen-bond donors (Lipinski definition) is 1. The minimum absolute atomic E-state index is 0.0684. The van der Waals surface area contributed by atoms with Gasteiger partial charge in [-0.2, -0.15) is 5.10 Å². The van der Waals surface area contributed by atoms with Crippen molar-refractivity contribution in [2.75, 3.05) is 19.4 Å². The van der Waals surface area contributed by atoms with E-state index < -0.39 is 0 Å². The van der Waals surface area contributed by atoms with Gasteiger partial charge in [0.25, 0.3) is 0 Å². The molecular weight excluding hydrogens is 192 g/mol. The van der Waals surface area contributed by atoms with E-state index in [4.69, 9.17) is 0 Å². The molecule has 0 saturated heterocycles. The summed E-state index contributed by atoms with van der Waals surface area (Å²) in [7, 11) is 3.40. The van der Waals surface area contributed by atoms with Gasteiger partial charge in [0.05, 0.1) is 17.4 Å². The molecule has 1 rings (SSSR count). The van der Waals surface area contributed by atoms with E-state index in [1.807, 2.05) is 10.9 Å². The van der Waals surface area contributed by atoms with Crippen LogP contribution in [0.1, 0.15) is 20.8 Å². The first-order valence-corrected chi connectivity index (χ1v) is 4.84. The molecule has 0 bridgehead atoms. The van der Waals surface area contributed by atoms with Crippen LogP contribution in [0.25, 0.3) is 0 Å². The van der Waals surface area contributed by atoms with Crippen molar-refractivity contribution in [1.82, 2.24) is 14.7 Å². The molecule has 0 spiro atoms. The summed E-state index contributed by atoms with van der Waals surface area (Å²) in [6.45, 7) is 6.16. The van der Waals surface area contributed by atoms with Crippen molar-refractivity contribution in [1.29, 1.82) is 0 Å². The van der Waals surface area contributed by atoms with E-state index in [9.17, 15) is 4.79 Å². The van der Waals surface area contributed by atoms with Crippen LogP contribution < -0.4 is 5.32 Å². The second kappa shape index (κ2) is 3.92. The predicted molar refractivity (Wildman–Crippen MR) is 59.9 cm³/mol. The van der Waals surface area contributed by atoms with Crippen LogP contribution in [0.4, 0.5) is 10.5 Å². The van der Waals surface area contributed by atoms with Gasteiger partial charge in [-0.15, -0.1) is 0 Å². The average molecular weight is 210 g/mol. The molecule has 1 N–H and O–H groups in total. The second-order valence-corrected chi connectivity index (χ2v) is 4.67. The van der Waals surface area contributed by atoms with Crippen LogP contribution in [-0.2, 0) is 5.54 Å². The van der Waals surface area contributed by atoms with Crippen molar-refractivity contribution in [3.8, 4) is 0 Å². The lowest BCUT2D eigenvalue weighted by atomic mass is 10.1. The van der Waals surface area contributed by atoms with Crippen molar-refractivity contribution in [3.63, 3.8) is 0 Å². The molecular formula is C10H18N4O.